The van der Waals surface area contributed by atoms with Crippen LogP contribution in [0.5, 0.6) is 0 Å². The van der Waals surface area contributed by atoms with Gasteiger partial charge < -0.3 is 11.1 Å². The summed E-state index contributed by atoms with van der Waals surface area (Å²) in [4.78, 5) is 38.1. The van der Waals surface area contributed by atoms with Gasteiger partial charge >= 0.3 is 5.69 Å². The number of nitrogen functional groups attached to an aromatic ring is 1. The Morgan fingerprint density at radius 3 is 2.48 bits per heavy atom. The van der Waals surface area contributed by atoms with Gasteiger partial charge in [0.25, 0.3) is 5.56 Å². The summed E-state index contributed by atoms with van der Waals surface area (Å²) < 4.78 is 1.39. The number of rotatable bonds is 4. The molecule has 1 aromatic heterocycles. The SMILES string of the molecule is Cl.Nc1ccc(NC(=O)CCn2c(=O)[nH]c(=O)c3ccccc32)cc1. The van der Waals surface area contributed by atoms with Gasteiger partial charge in [0.1, 0.15) is 0 Å². The lowest BCUT2D eigenvalue weighted by Gasteiger charge is -2.10. The molecule has 2 aromatic carbocycles. The molecule has 0 spiro atoms. The van der Waals surface area contributed by atoms with Gasteiger partial charge in [0.2, 0.25) is 5.91 Å². The Hall–Kier alpha value is -3.06. The smallest absolute Gasteiger partial charge is 0.328 e. The summed E-state index contributed by atoms with van der Waals surface area (Å²) in [7, 11) is 0. The Morgan fingerprint density at radius 1 is 1.08 bits per heavy atom. The molecule has 3 rings (SSSR count). The van der Waals surface area contributed by atoms with Gasteiger partial charge in [0.05, 0.1) is 10.9 Å². The zero-order valence-electron chi connectivity index (χ0n) is 13.2. The van der Waals surface area contributed by atoms with Gasteiger partial charge in [-0.05, 0) is 36.4 Å². The van der Waals surface area contributed by atoms with E-state index in [0.717, 1.165) is 0 Å². The van der Waals surface area contributed by atoms with E-state index in [4.69, 9.17) is 5.73 Å². The Morgan fingerprint density at radius 2 is 1.76 bits per heavy atom. The lowest BCUT2D eigenvalue weighted by atomic mass is 10.2. The zero-order chi connectivity index (χ0) is 17.1. The number of fused-ring (bicyclic) bond motifs is 1. The van der Waals surface area contributed by atoms with Crippen molar-refractivity contribution in [3.8, 4) is 0 Å². The van der Waals surface area contributed by atoms with E-state index in [2.05, 4.69) is 10.3 Å². The van der Waals surface area contributed by atoms with Crippen molar-refractivity contribution in [1.82, 2.24) is 9.55 Å². The molecule has 0 saturated heterocycles. The van der Waals surface area contributed by atoms with Crippen LogP contribution in [0.3, 0.4) is 0 Å². The maximum Gasteiger partial charge on any atom is 0.328 e. The fourth-order valence-electron chi connectivity index (χ4n) is 2.47. The van der Waals surface area contributed by atoms with Crippen molar-refractivity contribution in [3.63, 3.8) is 0 Å². The van der Waals surface area contributed by atoms with E-state index in [-0.39, 0.29) is 31.3 Å². The number of carbonyl (C=O) groups excluding carboxylic acids is 1. The average Bonchev–Trinajstić information content (AvgIpc) is 2.57. The monoisotopic (exact) mass is 360 g/mol. The summed E-state index contributed by atoms with van der Waals surface area (Å²) in [6.45, 7) is 0.164. The third-order valence-corrected chi connectivity index (χ3v) is 3.66. The first-order valence-corrected chi connectivity index (χ1v) is 7.42. The van der Waals surface area contributed by atoms with Crippen molar-refractivity contribution >= 4 is 40.6 Å². The predicted octanol–water partition coefficient (Wildman–Crippen LogP) is 1.72. The van der Waals surface area contributed by atoms with Gasteiger partial charge in [0.15, 0.2) is 0 Å². The largest absolute Gasteiger partial charge is 0.399 e. The summed E-state index contributed by atoms with van der Waals surface area (Å²) in [5.74, 6) is -0.234. The molecule has 0 radical (unpaired) electrons. The fraction of sp³-hybridized carbons (Fsp3) is 0.118. The number of aromatic amines is 1. The van der Waals surface area contributed by atoms with Gasteiger partial charge in [-0.1, -0.05) is 12.1 Å². The number of carbonyl (C=O) groups is 1. The van der Waals surface area contributed by atoms with E-state index in [1.807, 2.05) is 0 Å². The molecule has 1 amide bonds. The molecule has 7 nitrogen and oxygen atoms in total. The van der Waals surface area contributed by atoms with Crippen LogP contribution in [0.4, 0.5) is 11.4 Å². The topological polar surface area (TPSA) is 110 Å². The molecular formula is C17H17ClN4O3. The van der Waals surface area contributed by atoms with Gasteiger partial charge in [-0.25, -0.2) is 4.79 Å². The normalized spacial score (nSPS) is 10.2. The highest BCUT2D eigenvalue weighted by Crippen LogP contribution is 2.11. The van der Waals surface area contributed by atoms with Crippen LogP contribution in [0, 0.1) is 0 Å². The Balaban J connectivity index is 0.00000225. The number of nitrogens with zero attached hydrogens (tertiary/aromatic N) is 1. The third-order valence-electron chi connectivity index (χ3n) is 3.66. The second kappa shape index (κ2) is 7.67. The number of aryl methyl sites for hydroxylation is 1. The first kappa shape index (κ1) is 18.3. The molecule has 0 aliphatic rings. The first-order valence-electron chi connectivity index (χ1n) is 7.42. The van der Waals surface area contributed by atoms with Gasteiger partial charge in [-0.15, -0.1) is 12.4 Å². The van der Waals surface area contributed by atoms with E-state index in [1.54, 1.807) is 48.5 Å². The maximum absolute atomic E-state index is 12.1. The van der Waals surface area contributed by atoms with Crippen molar-refractivity contribution in [1.29, 1.82) is 0 Å². The predicted molar refractivity (Wildman–Crippen MR) is 100 cm³/mol. The van der Waals surface area contributed by atoms with Gasteiger partial charge in [-0.2, -0.15) is 0 Å². The van der Waals surface area contributed by atoms with Crippen molar-refractivity contribution in [3.05, 3.63) is 69.4 Å². The molecule has 0 fully saturated rings. The van der Waals surface area contributed by atoms with Crippen molar-refractivity contribution in [2.45, 2.75) is 13.0 Å². The number of nitrogens with one attached hydrogen (secondary N) is 2. The zero-order valence-corrected chi connectivity index (χ0v) is 14.0. The van der Waals surface area contributed by atoms with Crippen LogP contribution in [0.15, 0.2) is 58.1 Å². The van der Waals surface area contributed by atoms with Crippen LogP contribution in [0.25, 0.3) is 10.9 Å². The van der Waals surface area contributed by atoms with E-state index in [9.17, 15) is 14.4 Å². The molecule has 0 bridgehead atoms. The molecule has 0 unspecified atom stereocenters. The number of amides is 1. The Bertz CT molecular complexity index is 1010. The summed E-state index contributed by atoms with van der Waals surface area (Å²) in [6.07, 6.45) is 0.0975. The van der Waals surface area contributed by atoms with E-state index < -0.39 is 11.2 Å². The highest BCUT2D eigenvalue weighted by atomic mass is 35.5. The number of aromatic nitrogens is 2. The molecule has 4 N–H and O–H groups in total. The molecule has 0 saturated carbocycles. The highest BCUT2D eigenvalue weighted by Gasteiger charge is 2.09. The van der Waals surface area contributed by atoms with Crippen LogP contribution in [-0.2, 0) is 11.3 Å². The van der Waals surface area contributed by atoms with E-state index in [0.29, 0.717) is 22.3 Å². The number of H-pyrrole nitrogens is 1. The molecule has 1 heterocycles. The fourth-order valence-corrected chi connectivity index (χ4v) is 2.47. The van der Waals surface area contributed by atoms with Crippen LogP contribution >= 0.6 is 12.4 Å². The quantitative estimate of drug-likeness (QED) is 0.615. The number of hydrogen-bond donors (Lipinski definition) is 3. The average molecular weight is 361 g/mol. The van der Waals surface area contributed by atoms with Gasteiger partial charge in [0, 0.05) is 24.3 Å². The van der Waals surface area contributed by atoms with E-state index >= 15 is 0 Å². The Labute approximate surface area is 148 Å². The van der Waals surface area contributed by atoms with Crippen LogP contribution < -0.4 is 22.3 Å². The Kier molecular flexibility index (Phi) is 5.61. The number of para-hydroxylation sites is 1. The number of halogens is 1. The number of benzene rings is 2. The van der Waals surface area contributed by atoms with Gasteiger partial charge in [-0.3, -0.25) is 19.1 Å². The number of nitrogens with two attached hydrogens (primary N) is 1. The van der Waals surface area contributed by atoms with Crippen LogP contribution in [-0.4, -0.2) is 15.5 Å². The van der Waals surface area contributed by atoms with Crippen LogP contribution in [0.1, 0.15) is 6.42 Å². The molecule has 25 heavy (non-hydrogen) atoms. The second-order valence-electron chi connectivity index (χ2n) is 5.35. The summed E-state index contributed by atoms with van der Waals surface area (Å²) in [5.41, 5.74) is 6.38. The number of anilines is 2. The van der Waals surface area contributed by atoms with Crippen molar-refractivity contribution < 1.29 is 4.79 Å². The summed E-state index contributed by atoms with van der Waals surface area (Å²) in [6, 6.07) is 13.6. The first-order chi connectivity index (χ1) is 11.5. The maximum atomic E-state index is 12.1. The molecule has 8 heteroatoms. The lowest BCUT2D eigenvalue weighted by Crippen LogP contribution is -2.31. The minimum absolute atomic E-state index is 0. The minimum Gasteiger partial charge on any atom is -0.399 e. The summed E-state index contributed by atoms with van der Waals surface area (Å²) in [5, 5.41) is 3.15. The summed E-state index contributed by atoms with van der Waals surface area (Å²) >= 11 is 0. The lowest BCUT2D eigenvalue weighted by molar-refractivity contribution is -0.116. The van der Waals surface area contributed by atoms with Crippen molar-refractivity contribution in [2.75, 3.05) is 11.1 Å². The molecular weight excluding hydrogens is 344 g/mol. The van der Waals surface area contributed by atoms with Crippen molar-refractivity contribution in [2.24, 2.45) is 0 Å². The molecule has 3 aromatic rings. The number of hydrogen-bond acceptors (Lipinski definition) is 4. The standard InChI is InChI=1S/C17H16N4O3.ClH/c18-11-5-7-12(8-6-11)19-15(22)9-10-21-14-4-2-1-3-13(14)16(23)20-17(21)24;/h1-8H,9-10,18H2,(H,19,22)(H,20,23,24);1H. The van der Waals surface area contributed by atoms with E-state index in [1.165, 1.54) is 4.57 Å². The van der Waals surface area contributed by atoms with Crippen LogP contribution in [0.2, 0.25) is 0 Å². The second-order valence-corrected chi connectivity index (χ2v) is 5.35. The molecule has 0 atom stereocenters. The third kappa shape index (κ3) is 4.07. The molecule has 0 aliphatic heterocycles. The molecule has 0 aliphatic carbocycles. The molecule has 130 valence electrons. The minimum atomic E-state index is -0.529. The highest BCUT2D eigenvalue weighted by molar-refractivity contribution is 5.91.